The molecule has 0 saturated heterocycles. The molecule has 0 spiro atoms. The first-order valence-electron chi connectivity index (χ1n) is 11.9. The number of ether oxygens (including phenoxy) is 2. The minimum Gasteiger partial charge on any atom is -0.492 e. The fourth-order valence-corrected chi connectivity index (χ4v) is 4.37. The standard InChI is InChI=1S/2C15H11ClO3/c2*16-7-8-18-10-5-6-12-11-3-1-2-4-13(11)15(17)19-14(12)9-10/h2*1-6,9H,7-8H2. The van der Waals surface area contributed by atoms with E-state index in [0.29, 0.717) is 58.4 Å². The Morgan fingerprint density at radius 2 is 0.921 bits per heavy atom. The molecule has 0 radical (unpaired) electrons. The van der Waals surface area contributed by atoms with Gasteiger partial charge in [0.25, 0.3) is 0 Å². The Morgan fingerprint density at radius 1 is 0.526 bits per heavy atom. The molecule has 0 bridgehead atoms. The van der Waals surface area contributed by atoms with Gasteiger partial charge in [0.15, 0.2) is 0 Å². The van der Waals surface area contributed by atoms with Crippen LogP contribution in [-0.4, -0.2) is 25.0 Å². The number of rotatable bonds is 6. The maximum Gasteiger partial charge on any atom is 0.344 e. The second-order valence-corrected chi connectivity index (χ2v) is 9.02. The first kappa shape index (κ1) is 25.6. The van der Waals surface area contributed by atoms with Crippen LogP contribution in [0.5, 0.6) is 11.5 Å². The van der Waals surface area contributed by atoms with Crippen LogP contribution in [0.1, 0.15) is 0 Å². The highest BCUT2D eigenvalue weighted by atomic mass is 35.5. The van der Waals surface area contributed by atoms with Crippen molar-refractivity contribution in [3.8, 4) is 11.5 Å². The van der Waals surface area contributed by atoms with E-state index < -0.39 is 0 Å². The molecule has 6 rings (SSSR count). The Hall–Kier alpha value is -4.00. The fourth-order valence-electron chi connectivity index (χ4n) is 4.21. The highest BCUT2D eigenvalue weighted by Crippen LogP contribution is 2.27. The zero-order valence-electron chi connectivity index (χ0n) is 20.1. The van der Waals surface area contributed by atoms with Crippen molar-refractivity contribution < 1.29 is 18.3 Å². The second kappa shape index (κ2) is 11.6. The van der Waals surface area contributed by atoms with Crippen LogP contribution in [0, 0.1) is 0 Å². The van der Waals surface area contributed by atoms with Crippen LogP contribution in [-0.2, 0) is 0 Å². The number of fused-ring (bicyclic) bond motifs is 6. The minimum absolute atomic E-state index is 0.336. The van der Waals surface area contributed by atoms with E-state index >= 15 is 0 Å². The average Bonchev–Trinajstić information content (AvgIpc) is 2.95. The Kier molecular flexibility index (Phi) is 7.82. The van der Waals surface area contributed by atoms with Gasteiger partial charge in [-0.2, -0.15) is 0 Å². The molecule has 0 fully saturated rings. The average molecular weight is 549 g/mol. The molecule has 4 aromatic carbocycles. The summed E-state index contributed by atoms with van der Waals surface area (Å²) in [5.41, 5.74) is 0.377. The largest absolute Gasteiger partial charge is 0.492 e. The molecule has 0 unspecified atom stereocenters. The summed E-state index contributed by atoms with van der Waals surface area (Å²) < 4.78 is 21.5. The third kappa shape index (κ3) is 5.32. The quantitative estimate of drug-likeness (QED) is 0.125. The topological polar surface area (TPSA) is 78.9 Å². The lowest BCUT2D eigenvalue weighted by Crippen LogP contribution is -2.01. The van der Waals surface area contributed by atoms with Gasteiger partial charge in [-0.25, -0.2) is 9.59 Å². The van der Waals surface area contributed by atoms with E-state index in [4.69, 9.17) is 41.5 Å². The molecule has 2 heterocycles. The molecule has 192 valence electrons. The lowest BCUT2D eigenvalue weighted by Gasteiger charge is -2.06. The lowest BCUT2D eigenvalue weighted by molar-refractivity contribution is 0.342. The van der Waals surface area contributed by atoms with E-state index in [0.717, 1.165) is 21.5 Å². The smallest absolute Gasteiger partial charge is 0.344 e. The monoisotopic (exact) mass is 548 g/mol. The molecule has 38 heavy (non-hydrogen) atoms. The second-order valence-electron chi connectivity index (χ2n) is 8.26. The molecule has 2 aromatic heterocycles. The van der Waals surface area contributed by atoms with Gasteiger partial charge in [0.05, 0.1) is 22.5 Å². The van der Waals surface area contributed by atoms with Gasteiger partial charge in [-0.3, -0.25) is 0 Å². The first-order valence-corrected chi connectivity index (χ1v) is 12.9. The van der Waals surface area contributed by atoms with Crippen LogP contribution in [0.15, 0.2) is 103 Å². The van der Waals surface area contributed by atoms with Gasteiger partial charge >= 0.3 is 11.3 Å². The summed E-state index contributed by atoms with van der Waals surface area (Å²) in [5.74, 6) is 2.12. The van der Waals surface area contributed by atoms with Gasteiger partial charge in [0, 0.05) is 22.9 Å². The maximum absolute atomic E-state index is 11.9. The van der Waals surface area contributed by atoms with E-state index in [2.05, 4.69) is 0 Å². The van der Waals surface area contributed by atoms with Gasteiger partial charge in [0.1, 0.15) is 35.9 Å². The Bertz CT molecular complexity index is 1720. The molecule has 0 saturated carbocycles. The van der Waals surface area contributed by atoms with Gasteiger partial charge in [-0.05, 0) is 47.2 Å². The molecule has 8 heteroatoms. The van der Waals surface area contributed by atoms with E-state index in [9.17, 15) is 9.59 Å². The maximum atomic E-state index is 11.9. The van der Waals surface area contributed by atoms with E-state index in [-0.39, 0.29) is 11.3 Å². The van der Waals surface area contributed by atoms with Crippen LogP contribution in [0.4, 0.5) is 0 Å². The molecule has 0 aliphatic carbocycles. The third-order valence-electron chi connectivity index (χ3n) is 5.88. The van der Waals surface area contributed by atoms with Gasteiger partial charge < -0.3 is 18.3 Å². The predicted molar refractivity (Wildman–Crippen MR) is 152 cm³/mol. The number of benzene rings is 4. The number of alkyl halides is 2. The van der Waals surface area contributed by atoms with E-state index in [1.54, 1.807) is 24.3 Å². The minimum atomic E-state index is -0.336. The summed E-state index contributed by atoms with van der Waals surface area (Å²) in [7, 11) is 0. The summed E-state index contributed by atoms with van der Waals surface area (Å²) in [6, 6.07) is 25.7. The van der Waals surface area contributed by atoms with Crippen LogP contribution in [0.3, 0.4) is 0 Å². The molecule has 0 amide bonds. The van der Waals surface area contributed by atoms with Crippen LogP contribution in [0.25, 0.3) is 43.5 Å². The SMILES string of the molecule is O=c1oc2cc(OCCCl)ccc2c2ccccc12.O=c1oc2cc(OCCCl)ccc2c2ccccc12. The van der Waals surface area contributed by atoms with E-state index in [1.807, 2.05) is 60.7 Å². The zero-order chi connectivity index (χ0) is 26.5. The van der Waals surface area contributed by atoms with Crippen molar-refractivity contribution in [1.82, 2.24) is 0 Å². The highest BCUT2D eigenvalue weighted by Gasteiger charge is 2.09. The van der Waals surface area contributed by atoms with Crippen LogP contribution >= 0.6 is 23.2 Å². The molecular weight excluding hydrogens is 527 g/mol. The summed E-state index contributed by atoms with van der Waals surface area (Å²) in [6.07, 6.45) is 0. The normalized spacial score (nSPS) is 11.0. The number of halogens is 2. The number of hydrogen-bond donors (Lipinski definition) is 0. The predicted octanol–water partition coefficient (Wildman–Crippen LogP) is 7.13. The summed E-state index contributed by atoms with van der Waals surface area (Å²) in [6.45, 7) is 0.843. The molecule has 0 aliphatic heterocycles. The molecule has 6 aromatic rings. The summed E-state index contributed by atoms with van der Waals surface area (Å²) >= 11 is 11.1. The Labute approximate surface area is 226 Å². The van der Waals surface area contributed by atoms with Crippen molar-refractivity contribution in [1.29, 1.82) is 0 Å². The molecule has 6 nitrogen and oxygen atoms in total. The third-order valence-corrected chi connectivity index (χ3v) is 6.19. The van der Waals surface area contributed by atoms with Crippen molar-refractivity contribution in [2.75, 3.05) is 25.0 Å². The van der Waals surface area contributed by atoms with Gasteiger partial charge in [-0.15, -0.1) is 23.2 Å². The Morgan fingerprint density at radius 3 is 1.32 bits per heavy atom. The van der Waals surface area contributed by atoms with Crippen molar-refractivity contribution in [3.05, 3.63) is 106 Å². The van der Waals surface area contributed by atoms with Crippen molar-refractivity contribution >= 4 is 66.7 Å². The fraction of sp³-hybridized carbons (Fsp3) is 0.133. The van der Waals surface area contributed by atoms with Crippen molar-refractivity contribution in [2.24, 2.45) is 0 Å². The van der Waals surface area contributed by atoms with Crippen LogP contribution < -0.4 is 20.7 Å². The number of hydrogen-bond acceptors (Lipinski definition) is 6. The zero-order valence-corrected chi connectivity index (χ0v) is 21.6. The molecule has 0 N–H and O–H groups in total. The summed E-state index contributed by atoms with van der Waals surface area (Å²) in [5, 5.41) is 4.74. The van der Waals surface area contributed by atoms with Crippen molar-refractivity contribution in [2.45, 2.75) is 0 Å². The van der Waals surface area contributed by atoms with Gasteiger partial charge in [-0.1, -0.05) is 36.4 Å². The van der Waals surface area contributed by atoms with Crippen molar-refractivity contribution in [3.63, 3.8) is 0 Å². The summed E-state index contributed by atoms with van der Waals surface area (Å²) in [4.78, 5) is 23.8. The molecular formula is C30H22Cl2O6. The molecule has 0 atom stereocenters. The van der Waals surface area contributed by atoms with Crippen LogP contribution in [0.2, 0.25) is 0 Å². The Balaban J connectivity index is 0.000000155. The molecule has 0 aliphatic rings. The highest BCUT2D eigenvalue weighted by molar-refractivity contribution is 6.18. The first-order chi connectivity index (χ1) is 18.6. The lowest BCUT2D eigenvalue weighted by atomic mass is 10.1. The van der Waals surface area contributed by atoms with E-state index in [1.165, 1.54) is 0 Å². The van der Waals surface area contributed by atoms with Gasteiger partial charge in [0.2, 0.25) is 0 Å².